The Balaban J connectivity index is 1.89. The molecular formula is C14H24N2. The predicted molar refractivity (Wildman–Crippen MR) is 68.3 cm³/mol. The number of unbranched alkanes of at least 4 members (excludes halogenated alkanes) is 7. The summed E-state index contributed by atoms with van der Waals surface area (Å²) in [5.41, 5.74) is 1.32. The van der Waals surface area contributed by atoms with Crippen LogP contribution in [0, 0.1) is 0 Å². The lowest BCUT2D eigenvalue weighted by molar-refractivity contribution is 0.575. The van der Waals surface area contributed by atoms with Crippen molar-refractivity contribution in [1.29, 1.82) is 0 Å². The van der Waals surface area contributed by atoms with Crippen LogP contribution in [0.25, 0.3) is 0 Å². The molecule has 0 aliphatic heterocycles. The van der Waals surface area contributed by atoms with Crippen LogP contribution < -0.4 is 0 Å². The van der Waals surface area contributed by atoms with Crippen LogP contribution in [-0.4, -0.2) is 10.2 Å². The third-order valence-corrected chi connectivity index (χ3v) is 2.96. The summed E-state index contributed by atoms with van der Waals surface area (Å²) in [4.78, 5) is 0. The van der Waals surface area contributed by atoms with Crippen LogP contribution in [0.5, 0.6) is 0 Å². The van der Waals surface area contributed by atoms with Crippen molar-refractivity contribution in [3.63, 3.8) is 0 Å². The molecule has 0 unspecified atom stereocenters. The molecule has 2 nitrogen and oxygen atoms in total. The maximum atomic E-state index is 3.88. The Morgan fingerprint density at radius 1 is 0.875 bits per heavy atom. The van der Waals surface area contributed by atoms with Gasteiger partial charge in [-0.05, 0) is 24.5 Å². The Bertz CT molecular complexity index is 246. The fraction of sp³-hybridized carbons (Fsp3) is 0.714. The lowest BCUT2D eigenvalue weighted by Crippen LogP contribution is -1.88. The number of nitrogens with zero attached hydrogens (tertiary/aromatic N) is 2. The lowest BCUT2D eigenvalue weighted by Gasteiger charge is -2.01. The van der Waals surface area contributed by atoms with Crippen molar-refractivity contribution in [2.24, 2.45) is 0 Å². The third kappa shape index (κ3) is 6.54. The van der Waals surface area contributed by atoms with E-state index in [-0.39, 0.29) is 0 Å². The molecule has 1 rings (SSSR count). The Kier molecular flexibility index (Phi) is 7.65. The topological polar surface area (TPSA) is 25.8 Å². The first-order valence-corrected chi connectivity index (χ1v) is 6.69. The highest BCUT2D eigenvalue weighted by atomic mass is 15.1. The maximum Gasteiger partial charge on any atom is 0.0528 e. The fourth-order valence-corrected chi connectivity index (χ4v) is 1.93. The normalized spacial score (nSPS) is 10.6. The highest BCUT2D eigenvalue weighted by Crippen LogP contribution is 2.10. The number of hydrogen-bond donors (Lipinski definition) is 0. The van der Waals surface area contributed by atoms with Crippen LogP contribution in [0.3, 0.4) is 0 Å². The van der Waals surface area contributed by atoms with E-state index in [9.17, 15) is 0 Å². The Morgan fingerprint density at radius 3 is 2.19 bits per heavy atom. The van der Waals surface area contributed by atoms with Crippen molar-refractivity contribution in [1.82, 2.24) is 10.2 Å². The van der Waals surface area contributed by atoms with Gasteiger partial charge in [-0.15, -0.1) is 0 Å². The standard InChI is InChI=1S/C14H24N2/c1-2-3-4-5-6-7-8-9-10-14-11-12-15-16-13-14/h11-13H,2-10H2,1H3. The quantitative estimate of drug-likeness (QED) is 0.584. The molecule has 16 heavy (non-hydrogen) atoms. The number of aryl methyl sites for hydroxylation is 1. The van der Waals surface area contributed by atoms with E-state index in [2.05, 4.69) is 23.2 Å². The van der Waals surface area contributed by atoms with Crippen molar-refractivity contribution >= 4 is 0 Å². The SMILES string of the molecule is CCCCCCCCCCc1ccnnc1. The summed E-state index contributed by atoms with van der Waals surface area (Å²) in [7, 11) is 0. The monoisotopic (exact) mass is 220 g/mol. The molecule has 0 fully saturated rings. The van der Waals surface area contributed by atoms with Gasteiger partial charge in [-0.25, -0.2) is 0 Å². The molecule has 0 amide bonds. The molecule has 1 aromatic rings. The van der Waals surface area contributed by atoms with Crippen LogP contribution in [0.4, 0.5) is 0 Å². The molecule has 2 heteroatoms. The van der Waals surface area contributed by atoms with Gasteiger partial charge in [-0.2, -0.15) is 10.2 Å². The van der Waals surface area contributed by atoms with Gasteiger partial charge in [0.1, 0.15) is 0 Å². The zero-order valence-corrected chi connectivity index (χ0v) is 10.5. The molecule has 1 aromatic heterocycles. The second-order valence-corrected chi connectivity index (χ2v) is 4.48. The summed E-state index contributed by atoms with van der Waals surface area (Å²) in [5, 5.41) is 7.67. The van der Waals surface area contributed by atoms with E-state index >= 15 is 0 Å². The minimum absolute atomic E-state index is 1.16. The zero-order chi connectivity index (χ0) is 11.5. The fourth-order valence-electron chi connectivity index (χ4n) is 1.93. The Labute approximate surface area is 99.5 Å². The van der Waals surface area contributed by atoms with Crippen molar-refractivity contribution in [3.05, 3.63) is 24.0 Å². The molecule has 0 aromatic carbocycles. The summed E-state index contributed by atoms with van der Waals surface area (Å²) in [5.74, 6) is 0. The van der Waals surface area contributed by atoms with E-state index in [1.165, 1.54) is 56.9 Å². The second kappa shape index (κ2) is 9.32. The lowest BCUT2D eigenvalue weighted by atomic mass is 10.1. The smallest absolute Gasteiger partial charge is 0.0528 e. The largest absolute Gasteiger partial charge is 0.159 e. The molecule has 0 atom stereocenters. The van der Waals surface area contributed by atoms with Crippen LogP contribution in [-0.2, 0) is 6.42 Å². The highest BCUT2D eigenvalue weighted by Gasteiger charge is 1.94. The Hall–Kier alpha value is -0.920. The molecule has 0 saturated carbocycles. The number of rotatable bonds is 9. The van der Waals surface area contributed by atoms with Gasteiger partial charge in [0.25, 0.3) is 0 Å². The van der Waals surface area contributed by atoms with E-state index in [1.54, 1.807) is 6.20 Å². The highest BCUT2D eigenvalue weighted by molar-refractivity contribution is 5.04. The van der Waals surface area contributed by atoms with Gasteiger partial charge in [-0.1, -0.05) is 51.9 Å². The second-order valence-electron chi connectivity index (χ2n) is 4.48. The average Bonchev–Trinajstić information content (AvgIpc) is 2.34. The molecular weight excluding hydrogens is 196 g/mol. The van der Waals surface area contributed by atoms with Gasteiger partial charge < -0.3 is 0 Å². The van der Waals surface area contributed by atoms with Crippen molar-refractivity contribution in [3.8, 4) is 0 Å². The molecule has 0 radical (unpaired) electrons. The van der Waals surface area contributed by atoms with Gasteiger partial charge >= 0.3 is 0 Å². The molecule has 0 spiro atoms. The van der Waals surface area contributed by atoms with Crippen LogP contribution in [0.2, 0.25) is 0 Å². The third-order valence-electron chi connectivity index (χ3n) is 2.96. The predicted octanol–water partition coefficient (Wildman–Crippen LogP) is 4.16. The van der Waals surface area contributed by atoms with E-state index in [4.69, 9.17) is 0 Å². The van der Waals surface area contributed by atoms with Crippen molar-refractivity contribution < 1.29 is 0 Å². The van der Waals surface area contributed by atoms with E-state index in [1.807, 2.05) is 6.20 Å². The van der Waals surface area contributed by atoms with E-state index < -0.39 is 0 Å². The first-order valence-electron chi connectivity index (χ1n) is 6.69. The van der Waals surface area contributed by atoms with Crippen LogP contribution in [0.15, 0.2) is 18.5 Å². The molecule has 0 aliphatic carbocycles. The summed E-state index contributed by atoms with van der Waals surface area (Å²) in [6.45, 7) is 2.27. The van der Waals surface area contributed by atoms with Gasteiger partial charge in [0, 0.05) is 6.20 Å². The maximum absolute atomic E-state index is 3.88. The minimum Gasteiger partial charge on any atom is -0.159 e. The van der Waals surface area contributed by atoms with Gasteiger partial charge in [-0.3, -0.25) is 0 Å². The first-order chi connectivity index (χ1) is 7.93. The molecule has 0 aliphatic rings. The summed E-state index contributed by atoms with van der Waals surface area (Å²) >= 11 is 0. The summed E-state index contributed by atoms with van der Waals surface area (Å²) in [6.07, 6.45) is 15.9. The van der Waals surface area contributed by atoms with Crippen molar-refractivity contribution in [2.75, 3.05) is 0 Å². The minimum atomic E-state index is 1.16. The average molecular weight is 220 g/mol. The molecule has 0 saturated heterocycles. The number of aromatic nitrogens is 2. The van der Waals surface area contributed by atoms with E-state index in [0.717, 1.165) is 6.42 Å². The van der Waals surface area contributed by atoms with Crippen molar-refractivity contribution in [2.45, 2.75) is 64.7 Å². The van der Waals surface area contributed by atoms with Gasteiger partial charge in [0.2, 0.25) is 0 Å². The Morgan fingerprint density at radius 2 is 1.56 bits per heavy atom. The summed E-state index contributed by atoms with van der Waals surface area (Å²) in [6, 6.07) is 2.06. The molecule has 0 bridgehead atoms. The molecule has 1 heterocycles. The van der Waals surface area contributed by atoms with Gasteiger partial charge in [0.05, 0.1) is 6.20 Å². The number of hydrogen-bond acceptors (Lipinski definition) is 2. The molecule has 90 valence electrons. The van der Waals surface area contributed by atoms with E-state index in [0.29, 0.717) is 0 Å². The summed E-state index contributed by atoms with van der Waals surface area (Å²) < 4.78 is 0. The van der Waals surface area contributed by atoms with Gasteiger partial charge in [0.15, 0.2) is 0 Å². The van der Waals surface area contributed by atoms with Crippen LogP contribution in [0.1, 0.15) is 63.9 Å². The zero-order valence-electron chi connectivity index (χ0n) is 10.5. The van der Waals surface area contributed by atoms with Crippen LogP contribution >= 0.6 is 0 Å². The first kappa shape index (κ1) is 13.1. The molecule has 0 N–H and O–H groups in total.